The van der Waals surface area contributed by atoms with Crippen LogP contribution < -0.4 is 15.3 Å². The number of aryl methyl sites for hydroxylation is 1. The van der Waals surface area contributed by atoms with E-state index in [-0.39, 0.29) is 11.3 Å². The van der Waals surface area contributed by atoms with E-state index >= 15 is 0 Å². The van der Waals surface area contributed by atoms with Gasteiger partial charge >= 0.3 is 0 Å². The summed E-state index contributed by atoms with van der Waals surface area (Å²) in [5.74, 6) is -0.305. The normalized spacial score (nSPS) is 21.0. The van der Waals surface area contributed by atoms with E-state index in [1.165, 1.54) is 0 Å². The number of hydrogen-bond acceptors (Lipinski definition) is 4. The minimum absolute atomic E-state index is 0.202. The summed E-state index contributed by atoms with van der Waals surface area (Å²) in [6, 6.07) is 13.6. The van der Waals surface area contributed by atoms with Gasteiger partial charge in [-0.05, 0) is 73.2 Å². The van der Waals surface area contributed by atoms with Crippen LogP contribution in [0.1, 0.15) is 34.3 Å². The van der Waals surface area contributed by atoms with Gasteiger partial charge in [-0.25, -0.2) is 5.48 Å². The maximum Gasteiger partial charge on any atom is 0.274 e. The lowest BCUT2D eigenvalue weighted by Gasteiger charge is -2.33. The van der Waals surface area contributed by atoms with Crippen LogP contribution in [0.25, 0.3) is 0 Å². The van der Waals surface area contributed by atoms with Crippen molar-refractivity contribution in [3.05, 3.63) is 59.2 Å². The number of fused-ring (bicyclic) bond motifs is 1. The Morgan fingerprint density at radius 2 is 1.86 bits per heavy atom. The van der Waals surface area contributed by atoms with E-state index < -0.39 is 5.91 Å². The van der Waals surface area contributed by atoms with Crippen molar-refractivity contribution in [2.45, 2.75) is 25.7 Å². The SMILES string of the molecule is CN(C)c1ccc(N2CC[C@]3(CCc4cc(C(=O)NO)ccc4C3)C2=O)cc1. The third kappa shape index (κ3) is 3.03. The molecule has 28 heavy (non-hydrogen) atoms. The van der Waals surface area contributed by atoms with E-state index in [1.807, 2.05) is 60.3 Å². The topological polar surface area (TPSA) is 72.9 Å². The molecule has 1 aliphatic heterocycles. The van der Waals surface area contributed by atoms with Crippen LogP contribution in [0.2, 0.25) is 0 Å². The molecule has 1 spiro atoms. The second kappa shape index (κ2) is 6.95. The molecule has 4 rings (SSSR count). The molecule has 2 aromatic carbocycles. The molecule has 1 saturated heterocycles. The molecule has 0 saturated carbocycles. The fourth-order valence-electron chi connectivity index (χ4n) is 4.46. The smallest absolute Gasteiger partial charge is 0.274 e. The van der Waals surface area contributed by atoms with E-state index in [2.05, 4.69) is 0 Å². The maximum atomic E-state index is 13.4. The number of benzene rings is 2. The molecule has 1 heterocycles. The van der Waals surface area contributed by atoms with Crippen LogP contribution in [0.4, 0.5) is 11.4 Å². The summed E-state index contributed by atoms with van der Waals surface area (Å²) in [6.45, 7) is 0.737. The summed E-state index contributed by atoms with van der Waals surface area (Å²) in [7, 11) is 4.00. The molecule has 146 valence electrons. The minimum atomic E-state index is -0.507. The Labute approximate surface area is 164 Å². The van der Waals surface area contributed by atoms with Crippen LogP contribution in [0, 0.1) is 5.41 Å². The lowest BCUT2D eigenvalue weighted by atomic mass is 9.70. The molecule has 0 radical (unpaired) electrons. The number of hydrogen-bond donors (Lipinski definition) is 2. The van der Waals surface area contributed by atoms with Gasteiger partial charge in [0.15, 0.2) is 0 Å². The van der Waals surface area contributed by atoms with Gasteiger partial charge in [0.1, 0.15) is 0 Å². The van der Waals surface area contributed by atoms with Crippen molar-refractivity contribution in [1.82, 2.24) is 5.48 Å². The Bertz CT molecular complexity index is 923. The predicted molar refractivity (Wildman–Crippen MR) is 108 cm³/mol. The average Bonchev–Trinajstić information content (AvgIpc) is 3.02. The molecule has 6 heteroatoms. The predicted octanol–water partition coefficient (Wildman–Crippen LogP) is 2.78. The zero-order valence-electron chi connectivity index (χ0n) is 16.2. The summed E-state index contributed by atoms with van der Waals surface area (Å²) in [5.41, 5.74) is 6.04. The summed E-state index contributed by atoms with van der Waals surface area (Å²) in [4.78, 5) is 28.9. The van der Waals surface area contributed by atoms with Crippen LogP contribution in [0.3, 0.4) is 0 Å². The van der Waals surface area contributed by atoms with Crippen LogP contribution in [0.15, 0.2) is 42.5 Å². The highest BCUT2D eigenvalue weighted by Gasteiger charge is 2.48. The largest absolute Gasteiger partial charge is 0.378 e. The molecule has 0 unspecified atom stereocenters. The first-order valence-corrected chi connectivity index (χ1v) is 9.59. The van der Waals surface area contributed by atoms with Gasteiger partial charge in [-0.15, -0.1) is 0 Å². The number of nitrogens with one attached hydrogen (secondary N) is 1. The van der Waals surface area contributed by atoms with Gasteiger partial charge in [0.25, 0.3) is 5.91 Å². The molecular formula is C22H25N3O3. The molecule has 1 aliphatic carbocycles. The second-order valence-corrected chi connectivity index (χ2v) is 8.00. The van der Waals surface area contributed by atoms with Gasteiger partial charge < -0.3 is 9.80 Å². The van der Waals surface area contributed by atoms with Crippen molar-refractivity contribution in [1.29, 1.82) is 0 Å². The van der Waals surface area contributed by atoms with E-state index in [0.717, 1.165) is 48.3 Å². The molecule has 6 nitrogen and oxygen atoms in total. The number of amides is 2. The third-order valence-electron chi connectivity index (χ3n) is 6.16. The van der Waals surface area contributed by atoms with Gasteiger partial charge in [-0.1, -0.05) is 6.07 Å². The maximum absolute atomic E-state index is 13.4. The van der Waals surface area contributed by atoms with Crippen molar-refractivity contribution in [3.8, 4) is 0 Å². The molecular weight excluding hydrogens is 354 g/mol. The van der Waals surface area contributed by atoms with Crippen molar-refractivity contribution < 1.29 is 14.8 Å². The Kier molecular flexibility index (Phi) is 4.59. The first-order valence-electron chi connectivity index (χ1n) is 9.59. The first kappa shape index (κ1) is 18.5. The van der Waals surface area contributed by atoms with Gasteiger partial charge in [0.2, 0.25) is 5.91 Å². The molecule has 0 aromatic heterocycles. The summed E-state index contributed by atoms with van der Waals surface area (Å²) in [6.07, 6.45) is 3.10. The standard InChI is InChI=1S/C22H25N3O3/c1-24(2)18-5-7-19(8-6-18)25-12-11-22(21(25)27)10-9-15-13-16(20(26)23-28)3-4-17(15)14-22/h3-8,13,28H,9-12,14H2,1-2H3,(H,23,26)/t22-/m0/s1. The van der Waals surface area contributed by atoms with E-state index in [9.17, 15) is 9.59 Å². The second-order valence-electron chi connectivity index (χ2n) is 8.00. The number of hydroxylamine groups is 1. The summed E-state index contributed by atoms with van der Waals surface area (Å²) in [5, 5.41) is 8.83. The average molecular weight is 379 g/mol. The number of anilines is 2. The summed E-state index contributed by atoms with van der Waals surface area (Å²) < 4.78 is 0. The Morgan fingerprint density at radius 3 is 2.54 bits per heavy atom. The van der Waals surface area contributed by atoms with E-state index in [0.29, 0.717) is 12.0 Å². The Morgan fingerprint density at radius 1 is 1.11 bits per heavy atom. The molecule has 2 aliphatic rings. The Hall–Kier alpha value is -2.86. The van der Waals surface area contributed by atoms with Crippen LogP contribution in [-0.4, -0.2) is 37.7 Å². The highest BCUT2D eigenvalue weighted by atomic mass is 16.5. The molecule has 2 aromatic rings. The lowest BCUT2D eigenvalue weighted by Crippen LogP contribution is -2.38. The molecule has 2 amide bonds. The number of carbonyl (C=O) groups excluding carboxylic acids is 2. The van der Waals surface area contributed by atoms with Crippen LogP contribution in [0.5, 0.6) is 0 Å². The van der Waals surface area contributed by atoms with Crippen molar-refractivity contribution >= 4 is 23.2 Å². The Balaban J connectivity index is 1.55. The fraction of sp³-hybridized carbons (Fsp3) is 0.364. The first-order chi connectivity index (χ1) is 13.4. The highest BCUT2D eigenvalue weighted by molar-refractivity contribution is 6.00. The highest BCUT2D eigenvalue weighted by Crippen LogP contribution is 2.45. The number of rotatable bonds is 3. The third-order valence-corrected chi connectivity index (χ3v) is 6.16. The summed E-state index contributed by atoms with van der Waals surface area (Å²) >= 11 is 0. The van der Waals surface area contributed by atoms with E-state index in [1.54, 1.807) is 11.5 Å². The minimum Gasteiger partial charge on any atom is -0.378 e. The molecule has 0 bridgehead atoms. The van der Waals surface area contributed by atoms with Crippen molar-refractivity contribution in [2.24, 2.45) is 5.41 Å². The van der Waals surface area contributed by atoms with Crippen LogP contribution in [-0.2, 0) is 17.6 Å². The van der Waals surface area contributed by atoms with Crippen LogP contribution >= 0.6 is 0 Å². The number of nitrogens with zero attached hydrogens (tertiary/aromatic N) is 2. The molecule has 1 fully saturated rings. The zero-order valence-corrected chi connectivity index (χ0v) is 16.2. The van der Waals surface area contributed by atoms with E-state index in [4.69, 9.17) is 5.21 Å². The van der Waals surface area contributed by atoms with Crippen molar-refractivity contribution in [2.75, 3.05) is 30.4 Å². The monoisotopic (exact) mass is 379 g/mol. The van der Waals surface area contributed by atoms with Crippen molar-refractivity contribution in [3.63, 3.8) is 0 Å². The van der Waals surface area contributed by atoms with Gasteiger partial charge in [0.05, 0.1) is 5.41 Å². The quantitative estimate of drug-likeness (QED) is 0.635. The molecule has 1 atom stereocenters. The van der Waals surface area contributed by atoms with Gasteiger partial charge in [-0.2, -0.15) is 0 Å². The zero-order chi connectivity index (χ0) is 19.9. The van der Waals surface area contributed by atoms with Gasteiger partial charge in [-0.3, -0.25) is 14.8 Å². The number of carbonyl (C=O) groups is 2. The fourth-order valence-corrected chi connectivity index (χ4v) is 4.46. The van der Waals surface area contributed by atoms with Gasteiger partial charge in [0, 0.05) is 37.6 Å². The lowest BCUT2D eigenvalue weighted by molar-refractivity contribution is -0.126. The molecule has 2 N–H and O–H groups in total.